The maximum absolute atomic E-state index is 13.8. The maximum atomic E-state index is 13.8. The van der Waals surface area contributed by atoms with Gasteiger partial charge in [-0.05, 0) is 54.7 Å². The molecule has 0 saturated heterocycles. The van der Waals surface area contributed by atoms with Gasteiger partial charge in [-0.2, -0.15) is 0 Å². The minimum Gasteiger partial charge on any atom is -0.331 e. The van der Waals surface area contributed by atoms with Gasteiger partial charge >= 0.3 is 0 Å². The van der Waals surface area contributed by atoms with E-state index in [1.165, 1.54) is 17.7 Å². The van der Waals surface area contributed by atoms with E-state index >= 15 is 0 Å². The molecule has 0 radical (unpaired) electrons. The lowest BCUT2D eigenvalue weighted by Gasteiger charge is -2.25. The van der Waals surface area contributed by atoms with E-state index in [0.717, 1.165) is 42.7 Å². The monoisotopic (exact) mass is 409 g/mol. The van der Waals surface area contributed by atoms with Crippen molar-refractivity contribution >= 4 is 16.9 Å². The van der Waals surface area contributed by atoms with Crippen LogP contribution in [0.4, 0.5) is 4.39 Å². The zero-order chi connectivity index (χ0) is 21.7. The third kappa shape index (κ3) is 5.07. The van der Waals surface area contributed by atoms with Crippen molar-refractivity contribution in [2.24, 2.45) is 5.92 Å². The Kier molecular flexibility index (Phi) is 7.24. The SMILES string of the molecule is CCCc1ccc(C(=O)N(Cc2nc3ccc(F)cc3n2CCC)CC(C)C)cc1. The zero-order valence-corrected chi connectivity index (χ0v) is 18.5. The second-order valence-corrected chi connectivity index (χ2v) is 8.34. The second-order valence-electron chi connectivity index (χ2n) is 8.34. The molecule has 0 aliphatic heterocycles. The Morgan fingerprint density at radius 2 is 1.83 bits per heavy atom. The van der Waals surface area contributed by atoms with Gasteiger partial charge in [0, 0.05) is 18.7 Å². The number of imidazole rings is 1. The number of carbonyl (C=O) groups is 1. The van der Waals surface area contributed by atoms with Crippen molar-refractivity contribution < 1.29 is 9.18 Å². The number of rotatable bonds is 9. The van der Waals surface area contributed by atoms with Gasteiger partial charge in [-0.15, -0.1) is 0 Å². The van der Waals surface area contributed by atoms with E-state index in [1.54, 1.807) is 6.07 Å². The molecule has 1 aromatic heterocycles. The van der Waals surface area contributed by atoms with Gasteiger partial charge in [0.05, 0.1) is 17.6 Å². The maximum Gasteiger partial charge on any atom is 0.254 e. The van der Waals surface area contributed by atoms with Gasteiger partial charge in [-0.3, -0.25) is 4.79 Å². The molecule has 1 amide bonds. The van der Waals surface area contributed by atoms with Crippen LogP contribution in [-0.2, 0) is 19.5 Å². The number of hydrogen-bond acceptors (Lipinski definition) is 2. The summed E-state index contributed by atoms with van der Waals surface area (Å²) >= 11 is 0. The molecule has 0 bridgehead atoms. The van der Waals surface area contributed by atoms with Crippen LogP contribution in [0.15, 0.2) is 42.5 Å². The van der Waals surface area contributed by atoms with Crippen LogP contribution in [0.1, 0.15) is 62.3 Å². The molecular weight excluding hydrogens is 377 g/mol. The molecule has 2 aromatic carbocycles. The topological polar surface area (TPSA) is 38.1 Å². The lowest BCUT2D eigenvalue weighted by Crippen LogP contribution is -2.34. The number of carbonyl (C=O) groups excluding carboxylic acids is 1. The summed E-state index contributed by atoms with van der Waals surface area (Å²) in [6.45, 7) is 10.2. The van der Waals surface area contributed by atoms with Gasteiger partial charge in [0.1, 0.15) is 11.6 Å². The molecule has 0 fully saturated rings. The van der Waals surface area contributed by atoms with Crippen LogP contribution in [-0.4, -0.2) is 26.9 Å². The summed E-state index contributed by atoms with van der Waals surface area (Å²) in [6.07, 6.45) is 3.01. The minimum atomic E-state index is -0.270. The summed E-state index contributed by atoms with van der Waals surface area (Å²) in [5, 5.41) is 0. The van der Waals surface area contributed by atoms with Gasteiger partial charge in [0.15, 0.2) is 0 Å². The van der Waals surface area contributed by atoms with Crippen molar-refractivity contribution in [1.29, 1.82) is 0 Å². The summed E-state index contributed by atoms with van der Waals surface area (Å²) in [5.74, 6) is 0.866. The fourth-order valence-corrected chi connectivity index (χ4v) is 3.86. The van der Waals surface area contributed by atoms with Crippen LogP contribution < -0.4 is 0 Å². The quantitative estimate of drug-likeness (QED) is 0.445. The number of amides is 1. The number of halogens is 1. The van der Waals surface area contributed by atoms with E-state index in [4.69, 9.17) is 4.98 Å². The zero-order valence-electron chi connectivity index (χ0n) is 18.5. The van der Waals surface area contributed by atoms with Gasteiger partial charge in [-0.25, -0.2) is 9.37 Å². The molecule has 3 aromatic rings. The number of aromatic nitrogens is 2. The summed E-state index contributed by atoms with van der Waals surface area (Å²) in [4.78, 5) is 19.9. The summed E-state index contributed by atoms with van der Waals surface area (Å²) in [5.41, 5.74) is 3.49. The van der Waals surface area contributed by atoms with Crippen molar-refractivity contribution in [3.8, 4) is 0 Å². The third-order valence-electron chi connectivity index (χ3n) is 5.18. The van der Waals surface area contributed by atoms with Crippen LogP contribution in [0.25, 0.3) is 11.0 Å². The molecule has 4 nitrogen and oxygen atoms in total. The van der Waals surface area contributed by atoms with E-state index in [-0.39, 0.29) is 11.7 Å². The number of fused-ring (bicyclic) bond motifs is 1. The highest BCUT2D eigenvalue weighted by Gasteiger charge is 2.21. The second kappa shape index (κ2) is 9.88. The van der Waals surface area contributed by atoms with Crippen LogP contribution >= 0.6 is 0 Å². The Hall–Kier alpha value is -2.69. The highest BCUT2D eigenvalue weighted by atomic mass is 19.1. The number of aryl methyl sites for hydroxylation is 2. The first-order valence-corrected chi connectivity index (χ1v) is 11.0. The molecule has 0 N–H and O–H groups in total. The highest BCUT2D eigenvalue weighted by molar-refractivity contribution is 5.94. The molecule has 0 unspecified atom stereocenters. The lowest BCUT2D eigenvalue weighted by molar-refractivity contribution is 0.0716. The molecule has 3 rings (SSSR count). The number of benzene rings is 2. The lowest BCUT2D eigenvalue weighted by atomic mass is 10.1. The van der Waals surface area contributed by atoms with Gasteiger partial charge in [0.25, 0.3) is 5.91 Å². The van der Waals surface area contributed by atoms with Crippen molar-refractivity contribution in [3.05, 3.63) is 65.2 Å². The Bertz CT molecular complexity index is 992. The van der Waals surface area contributed by atoms with E-state index < -0.39 is 0 Å². The molecule has 0 aliphatic carbocycles. The molecule has 5 heteroatoms. The predicted molar refractivity (Wildman–Crippen MR) is 120 cm³/mol. The Morgan fingerprint density at radius 1 is 1.10 bits per heavy atom. The molecule has 30 heavy (non-hydrogen) atoms. The standard InChI is InChI=1S/C25H32FN3O/c1-5-7-19-8-10-20(11-9-19)25(30)28(16-18(3)4)17-24-27-22-13-12-21(26)15-23(22)29(24)14-6-2/h8-13,15,18H,5-7,14,16-17H2,1-4H3. The van der Waals surface area contributed by atoms with Crippen molar-refractivity contribution in [1.82, 2.24) is 14.5 Å². The fraction of sp³-hybridized carbons (Fsp3) is 0.440. The Balaban J connectivity index is 1.92. The smallest absolute Gasteiger partial charge is 0.254 e. The van der Waals surface area contributed by atoms with E-state index in [0.29, 0.717) is 24.6 Å². The first kappa shape index (κ1) is 22.0. The largest absolute Gasteiger partial charge is 0.331 e. The molecule has 0 aliphatic rings. The molecule has 0 atom stereocenters. The normalized spacial score (nSPS) is 11.4. The average molecular weight is 410 g/mol. The summed E-state index contributed by atoms with van der Waals surface area (Å²) in [7, 11) is 0. The van der Waals surface area contributed by atoms with E-state index in [1.807, 2.05) is 33.7 Å². The van der Waals surface area contributed by atoms with Crippen molar-refractivity contribution in [3.63, 3.8) is 0 Å². The van der Waals surface area contributed by atoms with Crippen molar-refractivity contribution in [2.75, 3.05) is 6.54 Å². The number of nitrogens with zero attached hydrogens (tertiary/aromatic N) is 3. The molecule has 0 saturated carbocycles. The van der Waals surface area contributed by atoms with Crippen LogP contribution in [0.2, 0.25) is 0 Å². The molecule has 1 heterocycles. The summed E-state index contributed by atoms with van der Waals surface area (Å²) < 4.78 is 15.9. The first-order valence-electron chi connectivity index (χ1n) is 11.0. The average Bonchev–Trinajstić information content (AvgIpc) is 3.04. The number of hydrogen-bond donors (Lipinski definition) is 0. The minimum absolute atomic E-state index is 0.00744. The molecule has 0 spiro atoms. The van der Waals surface area contributed by atoms with Gasteiger partial charge in [0.2, 0.25) is 0 Å². The van der Waals surface area contributed by atoms with Crippen LogP contribution in [0, 0.1) is 11.7 Å². The van der Waals surface area contributed by atoms with Gasteiger partial charge in [-0.1, -0.05) is 46.2 Å². The third-order valence-corrected chi connectivity index (χ3v) is 5.18. The molecular formula is C25H32FN3O. The first-order chi connectivity index (χ1) is 14.4. The summed E-state index contributed by atoms with van der Waals surface area (Å²) in [6, 6.07) is 12.6. The Morgan fingerprint density at radius 3 is 2.47 bits per heavy atom. The van der Waals surface area contributed by atoms with Crippen LogP contribution in [0.3, 0.4) is 0 Å². The predicted octanol–water partition coefficient (Wildman–Crippen LogP) is 5.84. The van der Waals surface area contributed by atoms with Gasteiger partial charge < -0.3 is 9.47 Å². The Labute approximate surface area is 178 Å². The van der Waals surface area contributed by atoms with Crippen LogP contribution in [0.5, 0.6) is 0 Å². The fourth-order valence-electron chi connectivity index (χ4n) is 3.86. The van der Waals surface area contributed by atoms with E-state index in [2.05, 4.69) is 27.7 Å². The van der Waals surface area contributed by atoms with Crippen molar-refractivity contribution in [2.45, 2.75) is 60.0 Å². The van der Waals surface area contributed by atoms with E-state index in [9.17, 15) is 9.18 Å². The molecule has 160 valence electrons. The highest BCUT2D eigenvalue weighted by Crippen LogP contribution is 2.21.